The first-order valence-corrected chi connectivity index (χ1v) is 3.00. The van der Waals surface area contributed by atoms with E-state index in [1.54, 1.807) is 0 Å². The van der Waals surface area contributed by atoms with Gasteiger partial charge in [0.2, 0.25) is 0 Å². The van der Waals surface area contributed by atoms with Crippen molar-refractivity contribution in [1.29, 1.82) is 0 Å². The second-order valence-corrected chi connectivity index (χ2v) is 2.17. The molecule has 0 saturated heterocycles. The van der Waals surface area contributed by atoms with Crippen LogP contribution in [0.4, 0.5) is 0 Å². The molecule has 0 bridgehead atoms. The average Bonchev–Trinajstić information content (AvgIpc) is 1.99. The summed E-state index contributed by atoms with van der Waals surface area (Å²) in [5, 5.41) is 35.0. The minimum Gasteiger partial charge on any atom is -0.870 e. The van der Waals surface area contributed by atoms with E-state index in [4.69, 9.17) is 20.4 Å². The topological polar surface area (TPSA) is 188 Å². The van der Waals surface area contributed by atoms with Gasteiger partial charge in [-0.05, 0) is 12.1 Å². The summed E-state index contributed by atoms with van der Waals surface area (Å²) in [6, 6.07) is 1.69. The first kappa shape index (κ1) is 24.2. The fourth-order valence-corrected chi connectivity index (χ4v) is 0.728. The number of phenols is 3. The largest absolute Gasteiger partial charge is 3.00 e. The van der Waals surface area contributed by atoms with E-state index in [9.17, 15) is 4.79 Å². The van der Waals surface area contributed by atoms with Crippen molar-refractivity contribution in [1.82, 2.24) is 0 Å². The molecule has 16 heavy (non-hydrogen) atoms. The molecule has 1 aromatic carbocycles. The molecule has 0 unspecified atom stereocenters. The van der Waals surface area contributed by atoms with Crippen LogP contribution in [0.2, 0.25) is 0 Å². The Hall–Kier alpha value is -1.15. The molecule has 0 spiro atoms. The van der Waals surface area contributed by atoms with Crippen LogP contribution in [0, 0.1) is 0 Å². The number of benzene rings is 1. The molecule has 0 aliphatic rings. The molecular formula is C7H9BiO8. The normalized spacial score (nSPS) is 7.25. The number of rotatable bonds is 1. The van der Waals surface area contributed by atoms with E-state index in [0.29, 0.717) is 0 Å². The van der Waals surface area contributed by atoms with E-state index in [1.807, 2.05) is 0 Å². The third-order valence-corrected chi connectivity index (χ3v) is 1.32. The Labute approximate surface area is 109 Å². The van der Waals surface area contributed by atoms with Crippen molar-refractivity contribution in [2.75, 3.05) is 0 Å². The molecule has 0 aliphatic heterocycles. The molecule has 9 heteroatoms. The first-order chi connectivity index (χ1) is 5.52. The minimum atomic E-state index is -1.29. The summed E-state index contributed by atoms with van der Waals surface area (Å²) in [7, 11) is 0. The van der Waals surface area contributed by atoms with E-state index in [0.717, 1.165) is 12.1 Å². The van der Waals surface area contributed by atoms with Gasteiger partial charge in [0, 0.05) is 0 Å². The quantitative estimate of drug-likeness (QED) is 0.342. The summed E-state index contributed by atoms with van der Waals surface area (Å²) < 4.78 is 0. The van der Waals surface area contributed by atoms with Gasteiger partial charge in [-0.3, -0.25) is 0 Å². The summed E-state index contributed by atoms with van der Waals surface area (Å²) in [6.07, 6.45) is 0. The third kappa shape index (κ3) is 5.08. The average molecular weight is 430 g/mol. The molecule has 0 aromatic heterocycles. The Kier molecular flexibility index (Phi) is 13.8. The van der Waals surface area contributed by atoms with Crippen molar-refractivity contribution in [3.63, 3.8) is 0 Å². The van der Waals surface area contributed by atoms with Gasteiger partial charge in [0.15, 0.2) is 17.2 Å². The maximum absolute atomic E-state index is 10.3. The number of phenolic OH excluding ortho intramolecular Hbond substituents is 3. The smallest absolute Gasteiger partial charge is 0.870 e. The molecule has 7 N–H and O–H groups in total. The standard InChI is InChI=1S/C7H6O5.Bi.3H2O/c8-4-1-3(7(11)12)2-5(9)6(4)10;;;;/h1-2,8-10H,(H,11,12);;3*1H2/q;+3;;;/p-3. The summed E-state index contributed by atoms with van der Waals surface area (Å²) >= 11 is 0. The van der Waals surface area contributed by atoms with E-state index in [-0.39, 0.29) is 48.2 Å². The first-order valence-electron chi connectivity index (χ1n) is 3.00. The van der Waals surface area contributed by atoms with Gasteiger partial charge in [-0.15, -0.1) is 0 Å². The van der Waals surface area contributed by atoms with Gasteiger partial charge in [0.05, 0.1) is 5.56 Å². The minimum absolute atomic E-state index is 0. The molecular weight excluding hydrogens is 421 g/mol. The zero-order valence-electron chi connectivity index (χ0n) is 7.64. The number of carboxylic acid groups (broad SMARTS) is 1. The van der Waals surface area contributed by atoms with Crippen LogP contribution >= 0.6 is 0 Å². The van der Waals surface area contributed by atoms with Crippen molar-refractivity contribution in [3.05, 3.63) is 17.7 Å². The van der Waals surface area contributed by atoms with Crippen molar-refractivity contribution in [2.45, 2.75) is 0 Å². The number of aromatic hydroxyl groups is 3. The number of hydrogen-bond donors (Lipinski definition) is 4. The molecule has 0 saturated carbocycles. The second-order valence-electron chi connectivity index (χ2n) is 2.17. The molecule has 1 aromatic rings. The second kappa shape index (κ2) is 9.11. The van der Waals surface area contributed by atoms with Crippen LogP contribution in [0.1, 0.15) is 10.4 Å². The number of carboxylic acids is 1. The Morgan fingerprint density at radius 1 is 0.938 bits per heavy atom. The number of hydrogen-bond acceptors (Lipinski definition) is 7. The Balaban J connectivity index is -0.000000180. The summed E-state index contributed by atoms with van der Waals surface area (Å²) in [5.41, 5.74) is -0.289. The van der Waals surface area contributed by atoms with Gasteiger partial charge in [0.1, 0.15) is 0 Å². The Morgan fingerprint density at radius 2 is 1.25 bits per heavy atom. The van der Waals surface area contributed by atoms with Gasteiger partial charge in [-0.1, -0.05) is 0 Å². The third-order valence-electron chi connectivity index (χ3n) is 1.32. The van der Waals surface area contributed by atoms with Crippen LogP contribution in [0.25, 0.3) is 0 Å². The Bertz CT molecular complexity index is 316. The zero-order chi connectivity index (χ0) is 9.30. The maximum atomic E-state index is 10.3. The van der Waals surface area contributed by atoms with Gasteiger partial charge in [-0.25, -0.2) is 4.79 Å². The Morgan fingerprint density at radius 3 is 1.50 bits per heavy atom. The van der Waals surface area contributed by atoms with Crippen molar-refractivity contribution in [2.24, 2.45) is 0 Å². The molecule has 8 nitrogen and oxygen atoms in total. The maximum Gasteiger partial charge on any atom is 3.00 e. The predicted octanol–water partition coefficient (Wildman–Crippen LogP) is -0.410. The van der Waals surface area contributed by atoms with E-state index >= 15 is 0 Å². The van der Waals surface area contributed by atoms with Gasteiger partial charge in [0.25, 0.3) is 0 Å². The van der Waals surface area contributed by atoms with E-state index in [2.05, 4.69) is 0 Å². The van der Waals surface area contributed by atoms with Crippen LogP contribution in [0.15, 0.2) is 12.1 Å². The van der Waals surface area contributed by atoms with Crippen LogP contribution < -0.4 is 0 Å². The molecule has 90 valence electrons. The van der Waals surface area contributed by atoms with Crippen LogP contribution in [0.5, 0.6) is 17.2 Å². The van der Waals surface area contributed by atoms with Crippen molar-refractivity contribution >= 4 is 32.2 Å². The van der Waals surface area contributed by atoms with Gasteiger partial charge >= 0.3 is 32.2 Å². The predicted molar refractivity (Wildman–Crippen MR) is 50.0 cm³/mol. The molecule has 0 amide bonds. The van der Waals surface area contributed by atoms with Crippen LogP contribution in [0.3, 0.4) is 0 Å². The fourth-order valence-electron chi connectivity index (χ4n) is 0.728. The molecule has 0 aliphatic carbocycles. The molecule has 1 rings (SSSR count). The fraction of sp³-hybridized carbons (Fsp3) is 0. The van der Waals surface area contributed by atoms with Crippen molar-refractivity contribution in [3.8, 4) is 17.2 Å². The molecule has 0 atom stereocenters. The SMILES string of the molecule is O=C(O)c1cc(O)c(O)c(O)c1.[Bi+3].[OH-].[OH-].[OH-]. The monoisotopic (exact) mass is 430 g/mol. The summed E-state index contributed by atoms with van der Waals surface area (Å²) in [5.74, 6) is -3.33. The molecule has 2 radical (unpaired) electrons. The van der Waals surface area contributed by atoms with Crippen LogP contribution in [-0.4, -0.2) is 69.0 Å². The van der Waals surface area contributed by atoms with Crippen LogP contribution in [-0.2, 0) is 0 Å². The van der Waals surface area contributed by atoms with E-state index < -0.39 is 23.2 Å². The van der Waals surface area contributed by atoms with Gasteiger partial charge < -0.3 is 36.9 Å². The van der Waals surface area contributed by atoms with Crippen molar-refractivity contribution < 1.29 is 41.6 Å². The molecule has 0 fully saturated rings. The van der Waals surface area contributed by atoms with E-state index in [1.165, 1.54) is 0 Å². The number of carbonyl (C=O) groups is 1. The van der Waals surface area contributed by atoms with Gasteiger partial charge in [-0.2, -0.15) is 0 Å². The zero-order valence-corrected chi connectivity index (χ0v) is 11.1. The summed E-state index contributed by atoms with van der Waals surface area (Å²) in [4.78, 5) is 10.3. The summed E-state index contributed by atoms with van der Waals surface area (Å²) in [6.45, 7) is 0. The number of aromatic carboxylic acids is 1. The molecule has 0 heterocycles.